The molecular weight excluding hydrogens is 297 g/mol. The van der Waals surface area contributed by atoms with Crippen LogP contribution in [0.15, 0.2) is 24.4 Å². The normalized spacial score (nSPS) is 11.9. The van der Waals surface area contributed by atoms with Crippen LogP contribution in [0.3, 0.4) is 0 Å². The Morgan fingerprint density at radius 1 is 1.50 bits per heavy atom. The van der Waals surface area contributed by atoms with Gasteiger partial charge in [-0.2, -0.15) is 0 Å². The summed E-state index contributed by atoms with van der Waals surface area (Å²) in [6.45, 7) is 2.42. The average Bonchev–Trinajstić information content (AvgIpc) is 2.71. The van der Waals surface area contributed by atoms with E-state index >= 15 is 0 Å². The zero-order chi connectivity index (χ0) is 13.8. The van der Waals surface area contributed by atoms with Gasteiger partial charge in [-0.1, -0.05) is 11.6 Å². The van der Waals surface area contributed by atoms with E-state index in [1.807, 2.05) is 31.3 Å². The standard InChI is InChI=1S/C14H18ClN3O.ClH/c1-9(16)6-14(19)17-5-4-10-8-18-13-3-2-11(15)7-12(10)13;/h2-3,7-9,18H,4-6,16H2,1H3,(H,17,19);1H. The molecule has 1 unspecified atom stereocenters. The Labute approximate surface area is 129 Å². The quantitative estimate of drug-likeness (QED) is 0.793. The summed E-state index contributed by atoms with van der Waals surface area (Å²) >= 11 is 5.99. The minimum Gasteiger partial charge on any atom is -0.361 e. The molecule has 20 heavy (non-hydrogen) atoms. The molecule has 0 aliphatic carbocycles. The average molecular weight is 316 g/mol. The van der Waals surface area contributed by atoms with Crippen molar-refractivity contribution in [1.29, 1.82) is 0 Å². The second-order valence-electron chi connectivity index (χ2n) is 4.79. The molecule has 0 bridgehead atoms. The van der Waals surface area contributed by atoms with Crippen molar-refractivity contribution in [3.05, 3.63) is 35.0 Å². The second-order valence-corrected chi connectivity index (χ2v) is 5.22. The number of aromatic amines is 1. The van der Waals surface area contributed by atoms with Gasteiger partial charge in [0.1, 0.15) is 0 Å². The summed E-state index contributed by atoms with van der Waals surface area (Å²) in [4.78, 5) is 14.7. The Morgan fingerprint density at radius 2 is 2.25 bits per heavy atom. The van der Waals surface area contributed by atoms with E-state index < -0.39 is 0 Å². The molecule has 4 N–H and O–H groups in total. The first-order chi connectivity index (χ1) is 9.06. The molecule has 110 valence electrons. The monoisotopic (exact) mass is 315 g/mol. The summed E-state index contributed by atoms with van der Waals surface area (Å²) in [5.41, 5.74) is 7.78. The molecule has 1 aromatic carbocycles. The Kier molecular flexibility index (Phi) is 6.33. The third-order valence-corrected chi connectivity index (χ3v) is 3.19. The highest BCUT2D eigenvalue weighted by Gasteiger charge is 2.07. The van der Waals surface area contributed by atoms with E-state index in [1.165, 1.54) is 0 Å². The predicted octanol–water partition coefficient (Wildman–Crippen LogP) is 2.64. The van der Waals surface area contributed by atoms with Crippen molar-refractivity contribution in [2.24, 2.45) is 5.73 Å². The fraction of sp³-hybridized carbons (Fsp3) is 0.357. The smallest absolute Gasteiger partial charge is 0.221 e. The van der Waals surface area contributed by atoms with Gasteiger partial charge in [0.15, 0.2) is 0 Å². The predicted molar refractivity (Wildman–Crippen MR) is 85.5 cm³/mol. The molecule has 4 nitrogen and oxygen atoms in total. The van der Waals surface area contributed by atoms with Crippen LogP contribution in [-0.2, 0) is 11.2 Å². The van der Waals surface area contributed by atoms with Crippen molar-refractivity contribution in [3.63, 3.8) is 0 Å². The summed E-state index contributed by atoms with van der Waals surface area (Å²) in [6.07, 6.45) is 3.09. The summed E-state index contributed by atoms with van der Waals surface area (Å²) in [6, 6.07) is 5.64. The molecule has 0 aliphatic heterocycles. The van der Waals surface area contributed by atoms with Crippen LogP contribution in [0.4, 0.5) is 0 Å². The van der Waals surface area contributed by atoms with E-state index in [1.54, 1.807) is 0 Å². The Morgan fingerprint density at radius 3 is 2.95 bits per heavy atom. The van der Waals surface area contributed by atoms with E-state index in [4.69, 9.17) is 17.3 Å². The molecule has 6 heteroatoms. The van der Waals surface area contributed by atoms with E-state index in [0.717, 1.165) is 22.9 Å². The molecule has 1 atom stereocenters. The van der Waals surface area contributed by atoms with Gasteiger partial charge in [0.25, 0.3) is 0 Å². The number of nitrogens with one attached hydrogen (secondary N) is 2. The van der Waals surface area contributed by atoms with Crippen LogP contribution in [-0.4, -0.2) is 23.5 Å². The topological polar surface area (TPSA) is 70.9 Å². The number of H-pyrrole nitrogens is 1. The summed E-state index contributed by atoms with van der Waals surface area (Å²) in [5, 5.41) is 4.69. The van der Waals surface area contributed by atoms with Gasteiger partial charge in [-0.3, -0.25) is 4.79 Å². The van der Waals surface area contributed by atoms with E-state index in [9.17, 15) is 4.79 Å². The number of hydrogen-bond donors (Lipinski definition) is 3. The first-order valence-corrected chi connectivity index (χ1v) is 6.72. The number of carbonyl (C=O) groups excluding carboxylic acids is 1. The number of rotatable bonds is 5. The second kappa shape index (κ2) is 7.53. The number of benzene rings is 1. The minimum absolute atomic E-state index is 0. The first-order valence-electron chi connectivity index (χ1n) is 6.34. The third-order valence-electron chi connectivity index (χ3n) is 2.95. The van der Waals surface area contributed by atoms with Crippen molar-refractivity contribution in [1.82, 2.24) is 10.3 Å². The zero-order valence-corrected chi connectivity index (χ0v) is 12.9. The van der Waals surface area contributed by atoms with Gasteiger partial charge < -0.3 is 16.0 Å². The van der Waals surface area contributed by atoms with Crippen LogP contribution in [0.5, 0.6) is 0 Å². The first kappa shape index (κ1) is 16.8. The zero-order valence-electron chi connectivity index (χ0n) is 11.3. The lowest BCUT2D eigenvalue weighted by molar-refractivity contribution is -0.121. The van der Waals surface area contributed by atoms with Gasteiger partial charge in [0, 0.05) is 41.1 Å². The number of nitrogens with two attached hydrogens (primary N) is 1. The highest BCUT2D eigenvalue weighted by atomic mass is 35.5. The maximum atomic E-state index is 11.5. The highest BCUT2D eigenvalue weighted by molar-refractivity contribution is 6.31. The molecule has 1 amide bonds. The molecule has 2 rings (SSSR count). The number of hydrogen-bond acceptors (Lipinski definition) is 2. The third kappa shape index (κ3) is 4.40. The number of halogens is 2. The number of amides is 1. The molecule has 1 heterocycles. The minimum atomic E-state index is -0.105. The van der Waals surface area contributed by atoms with Crippen LogP contribution in [0.1, 0.15) is 18.9 Å². The molecule has 1 aromatic heterocycles. The fourth-order valence-corrected chi connectivity index (χ4v) is 2.23. The molecule has 0 fully saturated rings. The Balaban J connectivity index is 0.00000200. The van der Waals surface area contributed by atoms with E-state index in [2.05, 4.69) is 10.3 Å². The van der Waals surface area contributed by atoms with Gasteiger partial charge in [-0.15, -0.1) is 12.4 Å². The van der Waals surface area contributed by atoms with Crippen molar-refractivity contribution < 1.29 is 4.79 Å². The van der Waals surface area contributed by atoms with Crippen LogP contribution in [0, 0.1) is 0 Å². The Bertz CT molecular complexity index is 581. The SMILES string of the molecule is CC(N)CC(=O)NCCc1c[nH]c2ccc(Cl)cc12.Cl. The number of fused-ring (bicyclic) bond motifs is 1. The lowest BCUT2D eigenvalue weighted by Crippen LogP contribution is -2.31. The largest absolute Gasteiger partial charge is 0.361 e. The fourth-order valence-electron chi connectivity index (χ4n) is 2.06. The highest BCUT2D eigenvalue weighted by Crippen LogP contribution is 2.22. The van der Waals surface area contributed by atoms with Crippen LogP contribution in [0.2, 0.25) is 5.02 Å². The lowest BCUT2D eigenvalue weighted by atomic mass is 10.1. The van der Waals surface area contributed by atoms with Crippen molar-refractivity contribution >= 4 is 40.8 Å². The van der Waals surface area contributed by atoms with Gasteiger partial charge in [0.05, 0.1) is 0 Å². The molecule has 0 saturated carbocycles. The molecular formula is C14H19Cl2N3O. The van der Waals surface area contributed by atoms with Crippen molar-refractivity contribution in [2.45, 2.75) is 25.8 Å². The van der Waals surface area contributed by atoms with E-state index in [-0.39, 0.29) is 24.4 Å². The maximum Gasteiger partial charge on any atom is 0.221 e. The molecule has 0 aliphatic rings. The lowest BCUT2D eigenvalue weighted by Gasteiger charge is -2.06. The summed E-state index contributed by atoms with van der Waals surface area (Å²) < 4.78 is 0. The van der Waals surface area contributed by atoms with Crippen molar-refractivity contribution in [2.75, 3.05) is 6.54 Å². The van der Waals surface area contributed by atoms with Gasteiger partial charge in [0.2, 0.25) is 5.91 Å². The van der Waals surface area contributed by atoms with Crippen LogP contribution < -0.4 is 11.1 Å². The number of carbonyl (C=O) groups is 1. The maximum absolute atomic E-state index is 11.5. The van der Waals surface area contributed by atoms with Gasteiger partial charge in [-0.25, -0.2) is 0 Å². The van der Waals surface area contributed by atoms with Gasteiger partial charge in [-0.05, 0) is 37.1 Å². The van der Waals surface area contributed by atoms with E-state index in [0.29, 0.717) is 18.0 Å². The molecule has 2 aromatic rings. The summed E-state index contributed by atoms with van der Waals surface area (Å²) in [5.74, 6) is -0.00660. The van der Waals surface area contributed by atoms with Crippen LogP contribution >= 0.6 is 24.0 Å². The van der Waals surface area contributed by atoms with Crippen molar-refractivity contribution in [3.8, 4) is 0 Å². The molecule has 0 saturated heterocycles. The van der Waals surface area contributed by atoms with Gasteiger partial charge >= 0.3 is 0 Å². The number of aromatic nitrogens is 1. The summed E-state index contributed by atoms with van der Waals surface area (Å²) in [7, 11) is 0. The Hall–Kier alpha value is -1.23. The molecule has 0 radical (unpaired) electrons. The molecule has 0 spiro atoms. The van der Waals surface area contributed by atoms with Crippen LogP contribution in [0.25, 0.3) is 10.9 Å².